The zero-order chi connectivity index (χ0) is 9.10. The molecule has 0 amide bonds. The maximum Gasteiger partial charge on any atom is 0.343 e. The summed E-state index contributed by atoms with van der Waals surface area (Å²) in [6, 6.07) is 9.03. The molecule has 0 saturated heterocycles. The summed E-state index contributed by atoms with van der Waals surface area (Å²) in [4.78, 5) is 11.4. The summed E-state index contributed by atoms with van der Waals surface area (Å²) in [5.74, 6) is 0.542. The molecular formula is C11H10O2. The molecule has 13 heavy (non-hydrogen) atoms. The van der Waals surface area contributed by atoms with Gasteiger partial charge in [-0.3, -0.25) is 0 Å². The SMILES string of the molecule is O=C(OC1=CCC1)c1ccccc1. The van der Waals surface area contributed by atoms with Crippen LogP contribution in [0.4, 0.5) is 0 Å². The highest BCUT2D eigenvalue weighted by atomic mass is 16.5. The van der Waals surface area contributed by atoms with Gasteiger partial charge in [0.05, 0.1) is 5.56 Å². The van der Waals surface area contributed by atoms with Crippen LogP contribution < -0.4 is 0 Å². The Hall–Kier alpha value is -1.57. The van der Waals surface area contributed by atoms with E-state index in [4.69, 9.17) is 4.74 Å². The Morgan fingerprint density at radius 2 is 1.92 bits per heavy atom. The van der Waals surface area contributed by atoms with E-state index in [9.17, 15) is 4.79 Å². The topological polar surface area (TPSA) is 26.3 Å². The average molecular weight is 174 g/mol. The van der Waals surface area contributed by atoms with E-state index >= 15 is 0 Å². The summed E-state index contributed by atoms with van der Waals surface area (Å²) in [6.07, 6.45) is 3.84. The van der Waals surface area contributed by atoms with E-state index < -0.39 is 0 Å². The smallest absolute Gasteiger partial charge is 0.343 e. The van der Waals surface area contributed by atoms with Crippen LogP contribution >= 0.6 is 0 Å². The van der Waals surface area contributed by atoms with Gasteiger partial charge in [0, 0.05) is 6.42 Å². The molecule has 0 spiro atoms. The number of allylic oxidation sites excluding steroid dienone is 2. The van der Waals surface area contributed by atoms with Crippen molar-refractivity contribution in [3.05, 3.63) is 47.7 Å². The molecule has 0 unspecified atom stereocenters. The monoisotopic (exact) mass is 174 g/mol. The Balaban J connectivity index is 2.05. The molecular weight excluding hydrogens is 164 g/mol. The van der Waals surface area contributed by atoms with Gasteiger partial charge in [0.15, 0.2) is 0 Å². The fourth-order valence-corrected chi connectivity index (χ4v) is 1.11. The Labute approximate surface area is 76.8 Å². The molecule has 0 fully saturated rings. The standard InChI is InChI=1S/C11H10O2/c12-11(13-10-7-4-8-10)9-5-2-1-3-6-9/h1-3,5-7H,4,8H2. The summed E-state index contributed by atoms with van der Waals surface area (Å²) in [7, 11) is 0. The number of ether oxygens (including phenoxy) is 1. The Morgan fingerprint density at radius 3 is 2.46 bits per heavy atom. The zero-order valence-electron chi connectivity index (χ0n) is 7.19. The fraction of sp³-hybridized carbons (Fsp3) is 0.182. The maximum absolute atomic E-state index is 11.4. The van der Waals surface area contributed by atoms with Crippen molar-refractivity contribution < 1.29 is 9.53 Å². The predicted octanol–water partition coefficient (Wildman–Crippen LogP) is 2.52. The van der Waals surface area contributed by atoms with Crippen molar-refractivity contribution in [2.75, 3.05) is 0 Å². The van der Waals surface area contributed by atoms with Crippen LogP contribution in [0.2, 0.25) is 0 Å². The van der Waals surface area contributed by atoms with Crippen LogP contribution in [0.5, 0.6) is 0 Å². The second kappa shape index (κ2) is 3.44. The highest BCUT2D eigenvalue weighted by Gasteiger charge is 2.13. The Morgan fingerprint density at radius 1 is 1.23 bits per heavy atom. The first kappa shape index (κ1) is 8.05. The number of carbonyl (C=O) groups excluding carboxylic acids is 1. The van der Waals surface area contributed by atoms with Crippen molar-refractivity contribution in [1.82, 2.24) is 0 Å². The van der Waals surface area contributed by atoms with Crippen molar-refractivity contribution in [1.29, 1.82) is 0 Å². The van der Waals surface area contributed by atoms with Gasteiger partial charge in [-0.2, -0.15) is 0 Å². The lowest BCUT2D eigenvalue weighted by Gasteiger charge is -2.13. The van der Waals surface area contributed by atoms with Crippen LogP contribution in [-0.2, 0) is 4.74 Å². The Bertz CT molecular complexity index is 338. The fourth-order valence-electron chi connectivity index (χ4n) is 1.11. The van der Waals surface area contributed by atoms with E-state index in [1.807, 2.05) is 24.3 Å². The van der Waals surface area contributed by atoms with Crippen molar-refractivity contribution in [3.63, 3.8) is 0 Å². The number of esters is 1. The summed E-state index contributed by atoms with van der Waals surface area (Å²) in [6.45, 7) is 0. The van der Waals surface area contributed by atoms with Crippen molar-refractivity contribution in [3.8, 4) is 0 Å². The number of benzene rings is 1. The molecule has 1 aromatic carbocycles. The first-order chi connectivity index (χ1) is 6.36. The van der Waals surface area contributed by atoms with E-state index in [2.05, 4.69) is 0 Å². The minimum absolute atomic E-state index is 0.258. The first-order valence-electron chi connectivity index (χ1n) is 4.32. The molecule has 2 nitrogen and oxygen atoms in total. The summed E-state index contributed by atoms with van der Waals surface area (Å²) >= 11 is 0. The van der Waals surface area contributed by atoms with Gasteiger partial charge in [0.1, 0.15) is 5.76 Å². The van der Waals surface area contributed by atoms with E-state index in [0.717, 1.165) is 18.6 Å². The van der Waals surface area contributed by atoms with Gasteiger partial charge in [0.25, 0.3) is 0 Å². The van der Waals surface area contributed by atoms with E-state index in [0.29, 0.717) is 5.56 Å². The van der Waals surface area contributed by atoms with Crippen molar-refractivity contribution >= 4 is 5.97 Å². The number of hydrogen-bond donors (Lipinski definition) is 0. The lowest BCUT2D eigenvalue weighted by atomic mass is 10.1. The molecule has 0 atom stereocenters. The van der Waals surface area contributed by atoms with Crippen LogP contribution in [0.1, 0.15) is 23.2 Å². The molecule has 1 aliphatic carbocycles. The number of rotatable bonds is 2. The molecule has 2 rings (SSSR count). The third-order valence-corrected chi connectivity index (χ3v) is 2.00. The molecule has 1 aliphatic rings. The first-order valence-corrected chi connectivity index (χ1v) is 4.32. The van der Waals surface area contributed by atoms with Gasteiger partial charge in [-0.25, -0.2) is 4.79 Å². The molecule has 0 aliphatic heterocycles. The second-order valence-corrected chi connectivity index (χ2v) is 2.96. The molecule has 0 radical (unpaired) electrons. The number of hydrogen-bond acceptors (Lipinski definition) is 2. The van der Waals surface area contributed by atoms with Crippen LogP contribution in [0.15, 0.2) is 42.2 Å². The van der Waals surface area contributed by atoms with Crippen LogP contribution in [0, 0.1) is 0 Å². The van der Waals surface area contributed by atoms with Gasteiger partial charge in [-0.05, 0) is 24.6 Å². The molecule has 2 heteroatoms. The molecule has 1 aromatic rings. The van der Waals surface area contributed by atoms with Crippen molar-refractivity contribution in [2.45, 2.75) is 12.8 Å². The van der Waals surface area contributed by atoms with Crippen LogP contribution in [0.25, 0.3) is 0 Å². The highest BCUT2D eigenvalue weighted by Crippen LogP contribution is 2.20. The third-order valence-electron chi connectivity index (χ3n) is 2.00. The lowest BCUT2D eigenvalue weighted by Crippen LogP contribution is -2.08. The molecule has 0 saturated carbocycles. The summed E-state index contributed by atoms with van der Waals surface area (Å²) in [5.41, 5.74) is 0.607. The van der Waals surface area contributed by atoms with Crippen LogP contribution in [-0.4, -0.2) is 5.97 Å². The quantitative estimate of drug-likeness (QED) is 0.644. The normalized spacial score (nSPS) is 14.3. The third kappa shape index (κ3) is 1.78. The lowest BCUT2D eigenvalue weighted by molar-refractivity contribution is 0.0600. The zero-order valence-corrected chi connectivity index (χ0v) is 7.19. The molecule has 0 aromatic heterocycles. The average Bonchev–Trinajstić information content (AvgIpc) is 2.12. The maximum atomic E-state index is 11.4. The van der Waals surface area contributed by atoms with Crippen LogP contribution in [0.3, 0.4) is 0 Å². The predicted molar refractivity (Wildman–Crippen MR) is 49.2 cm³/mol. The van der Waals surface area contributed by atoms with Gasteiger partial charge in [-0.1, -0.05) is 18.2 Å². The van der Waals surface area contributed by atoms with Gasteiger partial charge >= 0.3 is 5.97 Å². The van der Waals surface area contributed by atoms with E-state index in [1.54, 1.807) is 12.1 Å². The number of carbonyl (C=O) groups is 1. The minimum atomic E-state index is -0.258. The second-order valence-electron chi connectivity index (χ2n) is 2.96. The minimum Gasteiger partial charge on any atom is -0.428 e. The summed E-state index contributed by atoms with van der Waals surface area (Å²) < 4.78 is 5.09. The van der Waals surface area contributed by atoms with Gasteiger partial charge in [0.2, 0.25) is 0 Å². The van der Waals surface area contributed by atoms with E-state index in [-0.39, 0.29) is 5.97 Å². The highest BCUT2D eigenvalue weighted by molar-refractivity contribution is 5.90. The molecule has 0 heterocycles. The molecule has 0 N–H and O–H groups in total. The molecule has 0 bridgehead atoms. The van der Waals surface area contributed by atoms with Crippen molar-refractivity contribution in [2.24, 2.45) is 0 Å². The molecule has 66 valence electrons. The van der Waals surface area contributed by atoms with Gasteiger partial charge in [-0.15, -0.1) is 0 Å². The Kier molecular flexibility index (Phi) is 2.13. The van der Waals surface area contributed by atoms with Gasteiger partial charge < -0.3 is 4.74 Å². The summed E-state index contributed by atoms with van der Waals surface area (Å²) in [5, 5.41) is 0. The van der Waals surface area contributed by atoms with E-state index in [1.165, 1.54) is 0 Å². The largest absolute Gasteiger partial charge is 0.428 e.